The summed E-state index contributed by atoms with van der Waals surface area (Å²) in [6.45, 7) is 1.83. The Balaban J connectivity index is 2.13. The number of carbonyl (C=O) groups excluding carboxylic acids is 1. The Hall–Kier alpha value is -0.970. The number of carbonyl (C=O) groups is 1. The molecule has 1 unspecified atom stereocenters. The lowest BCUT2D eigenvalue weighted by atomic mass is 9.86. The first-order valence-corrected chi connectivity index (χ1v) is 5.98. The van der Waals surface area contributed by atoms with Crippen molar-refractivity contribution < 1.29 is 4.79 Å². The third-order valence-electron chi connectivity index (χ3n) is 3.13. The zero-order chi connectivity index (χ0) is 11.1. The highest BCUT2D eigenvalue weighted by Crippen LogP contribution is 2.27. The summed E-state index contributed by atoms with van der Waals surface area (Å²) in [7, 11) is 0. The quantitative estimate of drug-likeness (QED) is 0.705. The Labute approximate surface area is 92.8 Å². The summed E-state index contributed by atoms with van der Waals surface area (Å²) < 4.78 is 0. The summed E-state index contributed by atoms with van der Waals surface area (Å²) in [6.07, 6.45) is 13.5. The molecule has 1 fully saturated rings. The van der Waals surface area contributed by atoms with Gasteiger partial charge in [0.2, 0.25) is 5.91 Å². The van der Waals surface area contributed by atoms with Gasteiger partial charge in [-0.05, 0) is 19.3 Å². The third kappa shape index (κ3) is 4.88. The van der Waals surface area contributed by atoms with E-state index >= 15 is 0 Å². The lowest BCUT2D eigenvalue weighted by Gasteiger charge is -2.21. The second kappa shape index (κ2) is 6.50. The molecule has 2 nitrogen and oxygen atoms in total. The molecular weight excluding hydrogens is 186 g/mol. The summed E-state index contributed by atoms with van der Waals surface area (Å²) >= 11 is 0. The summed E-state index contributed by atoms with van der Waals surface area (Å²) in [6, 6.07) is -0.135. The van der Waals surface area contributed by atoms with Gasteiger partial charge in [-0.1, -0.05) is 38.0 Å². The van der Waals surface area contributed by atoms with Gasteiger partial charge in [-0.2, -0.15) is 0 Å². The average Bonchev–Trinajstić information content (AvgIpc) is 2.27. The van der Waals surface area contributed by atoms with E-state index in [2.05, 4.69) is 11.2 Å². The second-order valence-corrected chi connectivity index (χ2v) is 4.50. The van der Waals surface area contributed by atoms with Crippen LogP contribution in [0.15, 0.2) is 0 Å². The van der Waals surface area contributed by atoms with E-state index in [4.69, 9.17) is 6.42 Å². The SMILES string of the molecule is C#CC(C)NC(=O)CCC1CCCCC1. The predicted octanol–water partition coefficient (Wildman–Crippen LogP) is 2.48. The van der Waals surface area contributed by atoms with Gasteiger partial charge >= 0.3 is 0 Å². The Morgan fingerprint density at radius 3 is 2.73 bits per heavy atom. The maximum absolute atomic E-state index is 11.4. The highest BCUT2D eigenvalue weighted by Gasteiger charge is 2.15. The van der Waals surface area contributed by atoms with Crippen LogP contribution in [0.2, 0.25) is 0 Å². The first-order chi connectivity index (χ1) is 7.22. The number of nitrogens with one attached hydrogen (secondary N) is 1. The van der Waals surface area contributed by atoms with Crippen molar-refractivity contribution in [3.63, 3.8) is 0 Å². The first kappa shape index (κ1) is 12.1. The Morgan fingerprint density at radius 1 is 1.47 bits per heavy atom. The summed E-state index contributed by atoms with van der Waals surface area (Å²) in [4.78, 5) is 11.4. The first-order valence-electron chi connectivity index (χ1n) is 5.98. The van der Waals surface area contributed by atoms with Crippen molar-refractivity contribution in [1.82, 2.24) is 5.32 Å². The summed E-state index contributed by atoms with van der Waals surface area (Å²) in [5.74, 6) is 3.37. The van der Waals surface area contributed by atoms with Crippen molar-refractivity contribution in [1.29, 1.82) is 0 Å². The van der Waals surface area contributed by atoms with Crippen LogP contribution in [0.4, 0.5) is 0 Å². The van der Waals surface area contributed by atoms with E-state index in [1.54, 1.807) is 0 Å². The minimum Gasteiger partial charge on any atom is -0.343 e. The van der Waals surface area contributed by atoms with E-state index in [1.165, 1.54) is 32.1 Å². The molecule has 1 rings (SSSR count). The van der Waals surface area contributed by atoms with E-state index in [0.717, 1.165) is 12.3 Å². The van der Waals surface area contributed by atoms with Gasteiger partial charge in [0.05, 0.1) is 6.04 Å². The van der Waals surface area contributed by atoms with Crippen LogP contribution < -0.4 is 5.32 Å². The van der Waals surface area contributed by atoms with Crippen LogP contribution in [0.1, 0.15) is 51.9 Å². The molecule has 0 bridgehead atoms. The molecule has 0 aromatic rings. The lowest BCUT2D eigenvalue weighted by Crippen LogP contribution is -2.31. The molecule has 0 aromatic heterocycles. The second-order valence-electron chi connectivity index (χ2n) is 4.50. The summed E-state index contributed by atoms with van der Waals surface area (Å²) in [5, 5.41) is 2.79. The molecule has 84 valence electrons. The normalized spacial score (nSPS) is 19.2. The number of hydrogen-bond acceptors (Lipinski definition) is 1. The molecule has 1 aliphatic carbocycles. The Bertz CT molecular complexity index is 235. The van der Waals surface area contributed by atoms with Crippen molar-refractivity contribution >= 4 is 5.91 Å². The van der Waals surface area contributed by atoms with Crippen molar-refractivity contribution in [2.45, 2.75) is 57.9 Å². The van der Waals surface area contributed by atoms with E-state index in [-0.39, 0.29) is 11.9 Å². The topological polar surface area (TPSA) is 29.1 Å². The molecule has 0 spiro atoms. The molecular formula is C13H21NO. The Kier molecular flexibility index (Phi) is 5.25. The van der Waals surface area contributed by atoms with E-state index < -0.39 is 0 Å². The van der Waals surface area contributed by atoms with Crippen LogP contribution in [-0.4, -0.2) is 11.9 Å². The fourth-order valence-corrected chi connectivity index (χ4v) is 2.17. The van der Waals surface area contributed by atoms with Crippen LogP contribution in [-0.2, 0) is 4.79 Å². The molecule has 1 aliphatic rings. The number of hydrogen-bond donors (Lipinski definition) is 1. The standard InChI is InChI=1S/C13H21NO/c1-3-11(2)14-13(15)10-9-12-7-5-4-6-8-12/h1,11-12H,4-10H2,2H3,(H,14,15). The van der Waals surface area contributed by atoms with Gasteiger partial charge < -0.3 is 5.32 Å². The highest BCUT2D eigenvalue weighted by molar-refractivity contribution is 5.76. The van der Waals surface area contributed by atoms with E-state index in [9.17, 15) is 4.79 Å². The molecule has 1 atom stereocenters. The van der Waals surface area contributed by atoms with Gasteiger partial charge in [-0.3, -0.25) is 4.79 Å². The zero-order valence-corrected chi connectivity index (χ0v) is 9.59. The van der Waals surface area contributed by atoms with Gasteiger partial charge in [-0.15, -0.1) is 6.42 Å². The van der Waals surface area contributed by atoms with Crippen LogP contribution >= 0.6 is 0 Å². The molecule has 0 saturated heterocycles. The van der Waals surface area contributed by atoms with Gasteiger partial charge in [-0.25, -0.2) is 0 Å². The lowest BCUT2D eigenvalue weighted by molar-refractivity contribution is -0.121. The van der Waals surface area contributed by atoms with Crippen LogP contribution in [0.25, 0.3) is 0 Å². The number of amides is 1. The minimum absolute atomic E-state index is 0.103. The zero-order valence-electron chi connectivity index (χ0n) is 9.59. The van der Waals surface area contributed by atoms with Crippen LogP contribution in [0.3, 0.4) is 0 Å². The van der Waals surface area contributed by atoms with Crippen molar-refractivity contribution in [3.05, 3.63) is 0 Å². The smallest absolute Gasteiger partial charge is 0.220 e. The van der Waals surface area contributed by atoms with E-state index in [1.807, 2.05) is 6.92 Å². The largest absolute Gasteiger partial charge is 0.343 e. The highest BCUT2D eigenvalue weighted by atomic mass is 16.1. The van der Waals surface area contributed by atoms with E-state index in [0.29, 0.717) is 6.42 Å². The third-order valence-corrected chi connectivity index (χ3v) is 3.13. The van der Waals surface area contributed by atoms with Gasteiger partial charge in [0.25, 0.3) is 0 Å². The molecule has 0 aromatic carbocycles. The predicted molar refractivity (Wildman–Crippen MR) is 62.2 cm³/mol. The number of rotatable bonds is 4. The Morgan fingerprint density at radius 2 is 2.13 bits per heavy atom. The minimum atomic E-state index is -0.135. The van der Waals surface area contributed by atoms with Crippen molar-refractivity contribution in [2.24, 2.45) is 5.92 Å². The fourth-order valence-electron chi connectivity index (χ4n) is 2.17. The molecule has 1 saturated carbocycles. The molecule has 15 heavy (non-hydrogen) atoms. The molecule has 0 radical (unpaired) electrons. The molecule has 0 aliphatic heterocycles. The van der Waals surface area contributed by atoms with Gasteiger partial charge in [0.15, 0.2) is 0 Å². The molecule has 1 N–H and O–H groups in total. The van der Waals surface area contributed by atoms with Gasteiger partial charge in [0.1, 0.15) is 0 Å². The van der Waals surface area contributed by atoms with Gasteiger partial charge in [0, 0.05) is 6.42 Å². The maximum atomic E-state index is 11.4. The van der Waals surface area contributed by atoms with Crippen molar-refractivity contribution in [2.75, 3.05) is 0 Å². The monoisotopic (exact) mass is 207 g/mol. The molecule has 0 heterocycles. The fraction of sp³-hybridized carbons (Fsp3) is 0.769. The summed E-state index contributed by atoms with van der Waals surface area (Å²) in [5.41, 5.74) is 0. The molecule has 2 heteroatoms. The van der Waals surface area contributed by atoms with Crippen molar-refractivity contribution in [3.8, 4) is 12.3 Å². The van der Waals surface area contributed by atoms with Crippen LogP contribution in [0, 0.1) is 18.3 Å². The molecule has 1 amide bonds. The maximum Gasteiger partial charge on any atom is 0.220 e. The average molecular weight is 207 g/mol. The number of terminal acetylenes is 1. The van der Waals surface area contributed by atoms with Crippen LogP contribution in [0.5, 0.6) is 0 Å².